The van der Waals surface area contributed by atoms with Gasteiger partial charge in [-0.1, -0.05) is 32.0 Å². The van der Waals surface area contributed by atoms with E-state index in [1.165, 1.54) is 16.5 Å². The zero-order chi connectivity index (χ0) is 19.5. The van der Waals surface area contributed by atoms with Crippen molar-refractivity contribution in [2.75, 3.05) is 26.2 Å². The van der Waals surface area contributed by atoms with Crippen LogP contribution in [0.2, 0.25) is 0 Å². The summed E-state index contributed by atoms with van der Waals surface area (Å²) in [4.78, 5) is 8.09. The predicted octanol–water partition coefficient (Wildman–Crippen LogP) is 4.32. The van der Waals surface area contributed by atoms with Crippen molar-refractivity contribution in [1.82, 2.24) is 15.6 Å². The third-order valence-electron chi connectivity index (χ3n) is 4.78. The maximum absolute atomic E-state index is 9.27. The molecule has 0 amide bonds. The third kappa shape index (κ3) is 8.39. The van der Waals surface area contributed by atoms with Gasteiger partial charge in [-0.15, -0.1) is 24.0 Å². The van der Waals surface area contributed by atoms with E-state index in [4.69, 9.17) is 4.99 Å². The zero-order valence-corrected chi connectivity index (χ0v) is 19.8. The van der Waals surface area contributed by atoms with Gasteiger partial charge in [0.15, 0.2) is 5.96 Å². The Labute approximate surface area is 186 Å². The van der Waals surface area contributed by atoms with Crippen molar-refractivity contribution in [1.29, 1.82) is 0 Å². The van der Waals surface area contributed by atoms with Gasteiger partial charge in [-0.3, -0.25) is 4.99 Å². The summed E-state index contributed by atoms with van der Waals surface area (Å²) < 4.78 is 0. The quantitative estimate of drug-likeness (QED) is 0.161. The summed E-state index contributed by atoms with van der Waals surface area (Å²) >= 11 is 0. The molecule has 0 aliphatic rings. The molecule has 4 N–H and O–H groups in total. The maximum Gasteiger partial charge on any atom is 0.191 e. The van der Waals surface area contributed by atoms with Crippen molar-refractivity contribution in [3.8, 4) is 0 Å². The van der Waals surface area contributed by atoms with Crippen molar-refractivity contribution in [2.45, 2.75) is 46.5 Å². The molecule has 2 rings (SSSR count). The number of aromatic amines is 1. The molecule has 6 heteroatoms. The molecular formula is C22H37IN4O. The van der Waals surface area contributed by atoms with E-state index in [-0.39, 0.29) is 30.6 Å². The fourth-order valence-electron chi connectivity index (χ4n) is 3.52. The molecule has 2 aromatic rings. The van der Waals surface area contributed by atoms with Crippen LogP contribution in [0.5, 0.6) is 0 Å². The molecule has 1 atom stereocenters. The van der Waals surface area contributed by atoms with E-state index in [0.717, 1.165) is 51.3 Å². The molecule has 1 aromatic heterocycles. The second kappa shape index (κ2) is 13.8. The van der Waals surface area contributed by atoms with E-state index >= 15 is 0 Å². The number of guanidine groups is 1. The molecule has 0 spiro atoms. The van der Waals surface area contributed by atoms with Crippen LogP contribution in [0, 0.1) is 11.8 Å². The van der Waals surface area contributed by atoms with Gasteiger partial charge in [-0.05, 0) is 56.1 Å². The highest BCUT2D eigenvalue weighted by molar-refractivity contribution is 14.0. The number of aryl methyl sites for hydroxylation is 1. The number of hydrogen-bond acceptors (Lipinski definition) is 2. The van der Waals surface area contributed by atoms with E-state index in [9.17, 15) is 5.11 Å². The highest BCUT2D eigenvalue weighted by atomic mass is 127. The van der Waals surface area contributed by atoms with Gasteiger partial charge in [0, 0.05) is 43.3 Å². The van der Waals surface area contributed by atoms with Crippen molar-refractivity contribution in [3.05, 3.63) is 36.0 Å². The normalized spacial score (nSPS) is 12.8. The van der Waals surface area contributed by atoms with Crippen molar-refractivity contribution in [2.24, 2.45) is 16.8 Å². The van der Waals surface area contributed by atoms with Crippen molar-refractivity contribution < 1.29 is 5.11 Å². The number of aromatic nitrogens is 1. The second-order valence-electron chi connectivity index (χ2n) is 7.62. The molecule has 0 bridgehead atoms. The van der Waals surface area contributed by atoms with E-state index in [0.29, 0.717) is 11.8 Å². The Morgan fingerprint density at radius 3 is 2.71 bits per heavy atom. The number of para-hydroxylation sites is 1. The lowest BCUT2D eigenvalue weighted by molar-refractivity contribution is 0.245. The van der Waals surface area contributed by atoms with Gasteiger partial charge in [-0.2, -0.15) is 0 Å². The minimum Gasteiger partial charge on any atom is -0.396 e. The van der Waals surface area contributed by atoms with Crippen LogP contribution in [-0.2, 0) is 6.42 Å². The van der Waals surface area contributed by atoms with Crippen LogP contribution in [0.4, 0.5) is 0 Å². The molecule has 158 valence electrons. The average molecular weight is 500 g/mol. The molecule has 1 unspecified atom stereocenters. The molecule has 1 heterocycles. The van der Waals surface area contributed by atoms with Crippen LogP contribution >= 0.6 is 24.0 Å². The number of hydrogen-bond donors (Lipinski definition) is 4. The molecule has 0 saturated carbocycles. The summed E-state index contributed by atoms with van der Waals surface area (Å²) in [6.07, 6.45) is 6.14. The number of aliphatic hydroxyl groups is 1. The van der Waals surface area contributed by atoms with Crippen molar-refractivity contribution >= 4 is 40.8 Å². The Hall–Kier alpha value is -1.28. The smallest absolute Gasteiger partial charge is 0.191 e. The fraction of sp³-hybridized carbons (Fsp3) is 0.591. The molecule has 1 aromatic carbocycles. The topological polar surface area (TPSA) is 72.4 Å². The number of nitrogens with one attached hydrogen (secondary N) is 3. The highest BCUT2D eigenvalue weighted by Gasteiger charge is 2.10. The molecule has 0 aliphatic carbocycles. The van der Waals surface area contributed by atoms with Crippen LogP contribution in [0.15, 0.2) is 35.5 Å². The third-order valence-corrected chi connectivity index (χ3v) is 4.78. The van der Waals surface area contributed by atoms with Crippen molar-refractivity contribution in [3.63, 3.8) is 0 Å². The minimum atomic E-state index is 0. The summed E-state index contributed by atoms with van der Waals surface area (Å²) in [7, 11) is 0. The minimum absolute atomic E-state index is 0. The van der Waals surface area contributed by atoms with E-state index in [1.807, 2.05) is 0 Å². The van der Waals surface area contributed by atoms with Crippen LogP contribution in [0.3, 0.4) is 0 Å². The molecular weight excluding hydrogens is 463 g/mol. The summed E-state index contributed by atoms with van der Waals surface area (Å²) in [6, 6.07) is 8.45. The summed E-state index contributed by atoms with van der Waals surface area (Å²) in [5.74, 6) is 1.95. The lowest BCUT2D eigenvalue weighted by Crippen LogP contribution is -2.38. The molecule has 0 saturated heterocycles. The first-order valence-corrected chi connectivity index (χ1v) is 10.3. The summed E-state index contributed by atoms with van der Waals surface area (Å²) in [5, 5.41) is 17.4. The first-order chi connectivity index (χ1) is 13.1. The van der Waals surface area contributed by atoms with Gasteiger partial charge in [0.05, 0.1) is 0 Å². The van der Waals surface area contributed by atoms with Gasteiger partial charge < -0.3 is 20.7 Å². The lowest BCUT2D eigenvalue weighted by Gasteiger charge is -2.17. The Balaban J connectivity index is 0.00000392. The maximum atomic E-state index is 9.27. The Morgan fingerprint density at radius 2 is 2.00 bits per heavy atom. The molecule has 0 radical (unpaired) electrons. The SMILES string of the molecule is CCNC(=NCC(CCO)CC(C)C)NCCCc1c[nH]c2ccccc12.I. The number of rotatable bonds is 11. The average Bonchev–Trinajstić information content (AvgIpc) is 3.06. The number of aliphatic hydroxyl groups excluding tert-OH is 1. The highest BCUT2D eigenvalue weighted by Crippen LogP contribution is 2.18. The molecule has 5 nitrogen and oxygen atoms in total. The molecule has 0 aliphatic heterocycles. The van der Waals surface area contributed by atoms with Gasteiger partial charge in [0.2, 0.25) is 0 Å². The van der Waals surface area contributed by atoms with Gasteiger partial charge >= 0.3 is 0 Å². The Morgan fingerprint density at radius 1 is 1.21 bits per heavy atom. The fourth-order valence-corrected chi connectivity index (χ4v) is 3.52. The number of halogens is 1. The van der Waals surface area contributed by atoms with Crippen LogP contribution < -0.4 is 10.6 Å². The second-order valence-corrected chi connectivity index (χ2v) is 7.62. The number of benzene rings is 1. The largest absolute Gasteiger partial charge is 0.396 e. The monoisotopic (exact) mass is 500 g/mol. The van der Waals surface area contributed by atoms with Gasteiger partial charge in [0.1, 0.15) is 0 Å². The standard InChI is InChI=1S/C22H36N4O.HI/c1-4-23-22(26-15-18(11-13-27)14-17(2)3)24-12-7-8-19-16-25-21-10-6-5-9-20(19)21;/h5-6,9-10,16-18,25,27H,4,7-8,11-15H2,1-3H3,(H2,23,24,26);1H. The number of H-pyrrole nitrogens is 1. The van der Waals surface area contributed by atoms with E-state index < -0.39 is 0 Å². The first-order valence-electron chi connectivity index (χ1n) is 10.3. The number of aliphatic imine (C=N–C) groups is 1. The first kappa shape index (κ1) is 24.8. The van der Waals surface area contributed by atoms with Crippen LogP contribution in [0.25, 0.3) is 10.9 Å². The number of fused-ring (bicyclic) bond motifs is 1. The predicted molar refractivity (Wildman–Crippen MR) is 131 cm³/mol. The zero-order valence-electron chi connectivity index (χ0n) is 17.5. The molecule has 28 heavy (non-hydrogen) atoms. The molecule has 0 fully saturated rings. The number of nitrogens with zero attached hydrogens (tertiary/aromatic N) is 1. The van der Waals surface area contributed by atoms with E-state index in [2.05, 4.69) is 66.9 Å². The lowest BCUT2D eigenvalue weighted by atomic mass is 9.94. The van der Waals surface area contributed by atoms with Gasteiger partial charge in [-0.25, -0.2) is 0 Å². The summed E-state index contributed by atoms with van der Waals surface area (Å²) in [5.41, 5.74) is 2.57. The van der Waals surface area contributed by atoms with Gasteiger partial charge in [0.25, 0.3) is 0 Å². The van der Waals surface area contributed by atoms with Crippen LogP contribution in [0.1, 0.15) is 45.6 Å². The van der Waals surface area contributed by atoms with Crippen LogP contribution in [-0.4, -0.2) is 42.3 Å². The Bertz CT molecular complexity index is 699. The Kier molecular flexibility index (Phi) is 12.2. The summed E-state index contributed by atoms with van der Waals surface area (Å²) in [6.45, 7) is 9.27. The van der Waals surface area contributed by atoms with E-state index in [1.54, 1.807) is 0 Å².